The van der Waals surface area contributed by atoms with E-state index in [2.05, 4.69) is 17.5 Å². The topological polar surface area (TPSA) is 63.8 Å². The molecule has 1 heterocycles. The van der Waals surface area contributed by atoms with Crippen LogP contribution in [0.4, 0.5) is 0 Å². The summed E-state index contributed by atoms with van der Waals surface area (Å²) in [5.74, 6) is 3.31. The molecule has 0 spiro atoms. The normalized spacial score (nSPS) is 20.1. The van der Waals surface area contributed by atoms with Gasteiger partial charge in [0, 0.05) is 11.5 Å². The smallest absolute Gasteiger partial charge is 0.271 e. The molecule has 1 N–H and O–H groups in total. The van der Waals surface area contributed by atoms with Crippen molar-refractivity contribution in [3.8, 4) is 5.75 Å². The third kappa shape index (κ3) is 3.19. The zero-order valence-corrected chi connectivity index (χ0v) is 12.6. The van der Waals surface area contributed by atoms with Crippen LogP contribution in [0.15, 0.2) is 45.9 Å². The first-order valence-corrected chi connectivity index (χ1v) is 7.24. The fourth-order valence-corrected chi connectivity index (χ4v) is 2.32. The summed E-state index contributed by atoms with van der Waals surface area (Å²) in [7, 11) is 1.58. The van der Waals surface area contributed by atoms with Crippen LogP contribution in [0.25, 0.3) is 0 Å². The Morgan fingerprint density at radius 1 is 1.32 bits per heavy atom. The molecule has 0 radical (unpaired) electrons. The minimum absolute atomic E-state index is 0.276. The molecule has 114 valence electrons. The molecule has 5 nitrogen and oxygen atoms in total. The lowest BCUT2D eigenvalue weighted by Crippen LogP contribution is -2.17. The number of amides is 1. The highest BCUT2D eigenvalue weighted by Gasteiger charge is 2.36. The van der Waals surface area contributed by atoms with E-state index in [0.717, 1.165) is 5.76 Å². The van der Waals surface area contributed by atoms with E-state index in [1.54, 1.807) is 31.4 Å². The average molecular weight is 298 g/mol. The van der Waals surface area contributed by atoms with E-state index in [1.165, 1.54) is 12.6 Å². The van der Waals surface area contributed by atoms with Gasteiger partial charge in [0.2, 0.25) is 0 Å². The minimum Gasteiger partial charge on any atom is -0.497 e. The molecule has 1 aromatic heterocycles. The maximum Gasteiger partial charge on any atom is 0.271 e. The molecule has 0 aliphatic heterocycles. The van der Waals surface area contributed by atoms with Crippen molar-refractivity contribution in [1.29, 1.82) is 0 Å². The van der Waals surface area contributed by atoms with Crippen LogP contribution < -0.4 is 10.2 Å². The molecule has 1 aliphatic rings. The Labute approximate surface area is 129 Å². The summed E-state index contributed by atoms with van der Waals surface area (Å²) in [5, 5.41) is 3.92. The second kappa shape index (κ2) is 6.05. The Kier molecular flexibility index (Phi) is 3.96. The van der Waals surface area contributed by atoms with Crippen molar-refractivity contribution in [3.63, 3.8) is 0 Å². The molecule has 0 unspecified atom stereocenters. The molecule has 0 bridgehead atoms. The summed E-state index contributed by atoms with van der Waals surface area (Å²) in [4.78, 5) is 11.9. The first kappa shape index (κ1) is 14.4. The van der Waals surface area contributed by atoms with E-state index in [-0.39, 0.29) is 5.91 Å². The molecule has 1 fully saturated rings. The van der Waals surface area contributed by atoms with Crippen LogP contribution in [0.2, 0.25) is 0 Å². The molecule has 1 saturated carbocycles. The number of hydrazone groups is 1. The number of hydrogen-bond donors (Lipinski definition) is 1. The van der Waals surface area contributed by atoms with Gasteiger partial charge in [-0.1, -0.05) is 6.92 Å². The largest absolute Gasteiger partial charge is 0.497 e. The summed E-state index contributed by atoms with van der Waals surface area (Å²) >= 11 is 0. The van der Waals surface area contributed by atoms with Crippen LogP contribution in [0.5, 0.6) is 5.75 Å². The Balaban J connectivity index is 1.56. The number of nitrogens with zero attached hydrogens (tertiary/aromatic N) is 1. The molecule has 2 aromatic rings. The van der Waals surface area contributed by atoms with Crippen molar-refractivity contribution >= 4 is 12.1 Å². The lowest BCUT2D eigenvalue weighted by Gasteiger charge is -2.01. The van der Waals surface area contributed by atoms with Crippen LogP contribution >= 0.6 is 0 Å². The zero-order chi connectivity index (χ0) is 15.5. The number of rotatable bonds is 5. The highest BCUT2D eigenvalue weighted by atomic mass is 16.5. The van der Waals surface area contributed by atoms with Crippen LogP contribution in [-0.4, -0.2) is 19.2 Å². The van der Waals surface area contributed by atoms with E-state index in [4.69, 9.17) is 9.15 Å². The van der Waals surface area contributed by atoms with Gasteiger partial charge in [-0.25, -0.2) is 5.43 Å². The zero-order valence-electron chi connectivity index (χ0n) is 12.6. The van der Waals surface area contributed by atoms with E-state index in [9.17, 15) is 4.79 Å². The van der Waals surface area contributed by atoms with Crippen molar-refractivity contribution in [2.45, 2.75) is 19.3 Å². The van der Waals surface area contributed by atoms with E-state index < -0.39 is 0 Å². The number of nitrogens with one attached hydrogen (secondary N) is 1. The van der Waals surface area contributed by atoms with Gasteiger partial charge in [-0.05, 0) is 48.7 Å². The summed E-state index contributed by atoms with van der Waals surface area (Å²) in [6.07, 6.45) is 2.69. The molecule has 2 atom stereocenters. The Morgan fingerprint density at radius 2 is 2.05 bits per heavy atom. The lowest BCUT2D eigenvalue weighted by atomic mass is 10.2. The number of ether oxygens (including phenoxy) is 1. The summed E-state index contributed by atoms with van der Waals surface area (Å²) in [6.45, 7) is 2.20. The number of hydrogen-bond acceptors (Lipinski definition) is 4. The van der Waals surface area contributed by atoms with Crippen LogP contribution in [0.3, 0.4) is 0 Å². The van der Waals surface area contributed by atoms with Crippen molar-refractivity contribution in [2.24, 2.45) is 11.0 Å². The van der Waals surface area contributed by atoms with Gasteiger partial charge in [0.15, 0.2) is 0 Å². The highest BCUT2D eigenvalue weighted by molar-refractivity contribution is 5.94. The first-order valence-electron chi connectivity index (χ1n) is 7.24. The molecule has 1 aromatic carbocycles. The second-order valence-corrected chi connectivity index (χ2v) is 5.49. The van der Waals surface area contributed by atoms with Crippen molar-refractivity contribution < 1.29 is 13.9 Å². The third-order valence-corrected chi connectivity index (χ3v) is 3.83. The number of benzene rings is 1. The molecule has 3 rings (SSSR count). The number of carbonyl (C=O) groups excluding carboxylic acids is 1. The summed E-state index contributed by atoms with van der Waals surface area (Å²) in [6, 6.07) is 10.7. The number of carbonyl (C=O) groups is 1. The van der Waals surface area contributed by atoms with Gasteiger partial charge in [-0.2, -0.15) is 5.10 Å². The van der Waals surface area contributed by atoms with E-state index >= 15 is 0 Å². The van der Waals surface area contributed by atoms with Gasteiger partial charge in [0.1, 0.15) is 17.3 Å². The fourth-order valence-electron chi connectivity index (χ4n) is 2.32. The van der Waals surface area contributed by atoms with Gasteiger partial charge in [0.05, 0.1) is 13.3 Å². The molecule has 22 heavy (non-hydrogen) atoms. The number of methoxy groups -OCH3 is 1. The predicted molar refractivity (Wildman–Crippen MR) is 83.3 cm³/mol. The molecular formula is C17H18N2O3. The van der Waals surface area contributed by atoms with Crippen molar-refractivity contribution in [2.75, 3.05) is 7.11 Å². The quantitative estimate of drug-likeness (QED) is 0.681. The van der Waals surface area contributed by atoms with Gasteiger partial charge in [0.25, 0.3) is 5.91 Å². The van der Waals surface area contributed by atoms with Crippen LogP contribution in [0, 0.1) is 5.92 Å². The summed E-state index contributed by atoms with van der Waals surface area (Å²) < 4.78 is 10.7. The van der Waals surface area contributed by atoms with E-state index in [0.29, 0.717) is 28.9 Å². The predicted octanol–water partition coefficient (Wildman–Crippen LogP) is 3.18. The standard InChI is InChI=1S/C17H18N2O3/c1-11-9-15(11)16-8-7-14(22-16)10-18-19-17(20)12-3-5-13(21-2)6-4-12/h3-8,10-11,15H,9H2,1-2H3,(H,19,20)/b18-10-/t11-,15-/m0/s1. The molecule has 0 saturated heterocycles. The Hall–Kier alpha value is -2.56. The minimum atomic E-state index is -0.276. The molecule has 5 heteroatoms. The molecular weight excluding hydrogens is 280 g/mol. The van der Waals surface area contributed by atoms with Crippen LogP contribution in [0.1, 0.15) is 41.1 Å². The monoisotopic (exact) mass is 298 g/mol. The second-order valence-electron chi connectivity index (χ2n) is 5.49. The molecule has 1 amide bonds. The Bertz CT molecular complexity index is 688. The number of furan rings is 1. The summed E-state index contributed by atoms with van der Waals surface area (Å²) in [5.41, 5.74) is 3.00. The molecule has 1 aliphatic carbocycles. The highest BCUT2D eigenvalue weighted by Crippen LogP contribution is 2.47. The van der Waals surface area contributed by atoms with Crippen molar-refractivity contribution in [1.82, 2.24) is 5.43 Å². The first-order chi connectivity index (χ1) is 10.7. The Morgan fingerprint density at radius 3 is 2.68 bits per heavy atom. The van der Waals surface area contributed by atoms with E-state index in [1.807, 2.05) is 12.1 Å². The SMILES string of the molecule is COc1ccc(C(=O)N/N=C\c2ccc([C@H]3C[C@@H]3C)o2)cc1. The van der Waals surface area contributed by atoms with Crippen molar-refractivity contribution in [3.05, 3.63) is 53.5 Å². The van der Waals surface area contributed by atoms with Gasteiger partial charge in [-0.15, -0.1) is 0 Å². The lowest BCUT2D eigenvalue weighted by molar-refractivity contribution is 0.0955. The third-order valence-electron chi connectivity index (χ3n) is 3.83. The average Bonchev–Trinajstić information content (AvgIpc) is 3.09. The van der Waals surface area contributed by atoms with Gasteiger partial charge >= 0.3 is 0 Å². The maximum absolute atomic E-state index is 11.9. The van der Waals surface area contributed by atoms with Gasteiger partial charge < -0.3 is 9.15 Å². The van der Waals surface area contributed by atoms with Gasteiger partial charge in [-0.3, -0.25) is 4.79 Å². The maximum atomic E-state index is 11.9. The van der Waals surface area contributed by atoms with Crippen LogP contribution in [-0.2, 0) is 0 Å². The fraction of sp³-hybridized carbons (Fsp3) is 0.294.